The fourth-order valence-electron chi connectivity index (χ4n) is 3.32. The number of carbonyl (C=O) groups excluding carboxylic acids is 2. The molecule has 2 aromatic rings. The van der Waals surface area contributed by atoms with Crippen LogP contribution in [0.5, 0.6) is 11.5 Å². The Morgan fingerprint density at radius 2 is 1.96 bits per heavy atom. The maximum Gasteiger partial charge on any atom is 0.255 e. The third-order valence-electron chi connectivity index (χ3n) is 4.69. The number of methoxy groups -OCH3 is 1. The van der Waals surface area contributed by atoms with Gasteiger partial charge < -0.3 is 20.1 Å². The Morgan fingerprint density at radius 1 is 1.18 bits per heavy atom. The minimum absolute atomic E-state index is 0.0145. The number of nitrogens with two attached hydrogens (primary N) is 1. The highest BCUT2D eigenvalue weighted by Crippen LogP contribution is 2.33. The van der Waals surface area contributed by atoms with E-state index in [2.05, 4.69) is 0 Å². The number of amides is 2. The predicted molar refractivity (Wildman–Crippen MR) is 107 cm³/mol. The summed E-state index contributed by atoms with van der Waals surface area (Å²) in [5.74, 6) is 0.816. The molecule has 0 aliphatic carbocycles. The molecule has 1 atom stereocenters. The minimum atomic E-state index is -0.522. The van der Waals surface area contributed by atoms with E-state index in [1.807, 2.05) is 41.3 Å². The number of hydrogen-bond donors (Lipinski definition) is 1. The molecule has 1 aliphatic heterocycles. The highest BCUT2D eigenvalue weighted by atomic mass is 16.5. The summed E-state index contributed by atoms with van der Waals surface area (Å²) in [6, 6.07) is 15.1. The molecule has 0 saturated carbocycles. The van der Waals surface area contributed by atoms with Gasteiger partial charge >= 0.3 is 0 Å². The molecule has 1 fully saturated rings. The third-order valence-corrected chi connectivity index (χ3v) is 4.69. The van der Waals surface area contributed by atoms with Crippen LogP contribution in [0.1, 0.15) is 30.0 Å². The van der Waals surface area contributed by atoms with E-state index in [-0.39, 0.29) is 18.6 Å². The van der Waals surface area contributed by atoms with Crippen molar-refractivity contribution in [3.63, 3.8) is 0 Å². The first-order valence-electron chi connectivity index (χ1n) is 9.20. The lowest BCUT2D eigenvalue weighted by atomic mass is 10.0. The highest BCUT2D eigenvalue weighted by Gasteiger charge is 2.28. The molecule has 1 unspecified atom stereocenters. The van der Waals surface area contributed by atoms with Crippen molar-refractivity contribution in [3.05, 3.63) is 65.7 Å². The van der Waals surface area contributed by atoms with E-state index in [1.54, 1.807) is 31.4 Å². The van der Waals surface area contributed by atoms with Crippen LogP contribution in [0.25, 0.3) is 6.08 Å². The average Bonchev–Trinajstić information content (AvgIpc) is 3.21. The molecule has 1 heterocycles. The van der Waals surface area contributed by atoms with Crippen LogP contribution < -0.4 is 15.2 Å². The van der Waals surface area contributed by atoms with E-state index < -0.39 is 5.91 Å². The average molecular weight is 380 g/mol. The lowest BCUT2D eigenvalue weighted by molar-refractivity contribution is -0.126. The van der Waals surface area contributed by atoms with E-state index in [9.17, 15) is 9.59 Å². The largest absolute Gasteiger partial charge is 0.497 e. The number of ether oxygens (including phenoxy) is 2. The summed E-state index contributed by atoms with van der Waals surface area (Å²) in [5.41, 5.74) is 7.02. The maximum atomic E-state index is 12.7. The number of nitrogens with zero attached hydrogens (tertiary/aromatic N) is 1. The van der Waals surface area contributed by atoms with Gasteiger partial charge in [-0.3, -0.25) is 9.59 Å². The van der Waals surface area contributed by atoms with Crippen LogP contribution in [-0.4, -0.2) is 37.0 Å². The Labute approximate surface area is 164 Å². The number of carbonyl (C=O) groups is 2. The van der Waals surface area contributed by atoms with Crippen LogP contribution in [-0.2, 0) is 9.59 Å². The molecule has 3 rings (SSSR count). The number of benzene rings is 2. The molecular formula is C22H24N2O4. The minimum Gasteiger partial charge on any atom is -0.497 e. The van der Waals surface area contributed by atoms with E-state index >= 15 is 0 Å². The van der Waals surface area contributed by atoms with Gasteiger partial charge in [-0.15, -0.1) is 0 Å². The second kappa shape index (κ2) is 9.08. The van der Waals surface area contributed by atoms with Crippen molar-refractivity contribution in [1.82, 2.24) is 4.90 Å². The van der Waals surface area contributed by atoms with Crippen LogP contribution >= 0.6 is 0 Å². The van der Waals surface area contributed by atoms with Gasteiger partial charge in [0.1, 0.15) is 11.5 Å². The molecule has 28 heavy (non-hydrogen) atoms. The molecule has 2 N–H and O–H groups in total. The summed E-state index contributed by atoms with van der Waals surface area (Å²) in [6.07, 6.45) is 5.30. The van der Waals surface area contributed by atoms with Crippen LogP contribution in [0.4, 0.5) is 0 Å². The molecule has 2 aromatic carbocycles. The zero-order valence-corrected chi connectivity index (χ0v) is 15.8. The quantitative estimate of drug-likeness (QED) is 0.749. The maximum absolute atomic E-state index is 12.7. The van der Waals surface area contributed by atoms with Crippen LogP contribution in [0.15, 0.2) is 54.6 Å². The van der Waals surface area contributed by atoms with Gasteiger partial charge in [0.15, 0.2) is 6.61 Å². The molecule has 0 spiro atoms. The lowest BCUT2D eigenvalue weighted by Gasteiger charge is -2.24. The summed E-state index contributed by atoms with van der Waals surface area (Å²) >= 11 is 0. The Bertz CT molecular complexity index is 861. The number of likely N-dealkylation sites (tertiary alicyclic amines) is 1. The van der Waals surface area contributed by atoms with Crippen molar-refractivity contribution >= 4 is 17.9 Å². The fourth-order valence-corrected chi connectivity index (χ4v) is 3.32. The first kappa shape index (κ1) is 19.5. The van der Waals surface area contributed by atoms with Crippen molar-refractivity contribution in [2.45, 2.75) is 18.9 Å². The van der Waals surface area contributed by atoms with Crippen molar-refractivity contribution in [2.24, 2.45) is 5.73 Å². The summed E-state index contributed by atoms with van der Waals surface area (Å²) in [5, 5.41) is 0. The summed E-state index contributed by atoms with van der Waals surface area (Å²) in [7, 11) is 1.64. The summed E-state index contributed by atoms with van der Waals surface area (Å²) in [6.45, 7) is 0.583. The van der Waals surface area contributed by atoms with Gasteiger partial charge in [0.05, 0.1) is 13.2 Å². The lowest BCUT2D eigenvalue weighted by Crippen LogP contribution is -2.28. The van der Waals surface area contributed by atoms with E-state index in [0.29, 0.717) is 5.75 Å². The van der Waals surface area contributed by atoms with Gasteiger partial charge in [0.25, 0.3) is 5.91 Å². The first-order chi connectivity index (χ1) is 13.6. The van der Waals surface area contributed by atoms with Gasteiger partial charge in [0.2, 0.25) is 5.91 Å². The number of rotatable bonds is 7. The molecule has 0 bridgehead atoms. The monoisotopic (exact) mass is 380 g/mol. The summed E-state index contributed by atoms with van der Waals surface area (Å²) in [4.78, 5) is 25.4. The fraction of sp³-hybridized carbons (Fsp3) is 0.273. The Balaban J connectivity index is 1.65. The second-order valence-electron chi connectivity index (χ2n) is 6.62. The second-order valence-corrected chi connectivity index (χ2v) is 6.62. The van der Waals surface area contributed by atoms with Gasteiger partial charge in [-0.05, 0) is 54.3 Å². The zero-order chi connectivity index (χ0) is 19.9. The number of primary amides is 1. The highest BCUT2D eigenvalue weighted by molar-refractivity contribution is 5.92. The van der Waals surface area contributed by atoms with Crippen LogP contribution in [0, 0.1) is 0 Å². The van der Waals surface area contributed by atoms with Gasteiger partial charge in [0, 0.05) is 12.6 Å². The van der Waals surface area contributed by atoms with E-state index in [1.165, 1.54) is 0 Å². The normalized spacial score (nSPS) is 16.3. The SMILES string of the molecule is COc1cccc(C2CCCN2C(=O)/C=C/c2ccc(OCC(N)=O)cc2)c1. The molecular weight excluding hydrogens is 356 g/mol. The Morgan fingerprint density at radius 3 is 2.68 bits per heavy atom. The van der Waals surface area contributed by atoms with Crippen LogP contribution in [0.2, 0.25) is 0 Å². The predicted octanol–water partition coefficient (Wildman–Crippen LogP) is 2.94. The Kier molecular flexibility index (Phi) is 6.32. The Hall–Kier alpha value is -3.28. The number of hydrogen-bond acceptors (Lipinski definition) is 4. The van der Waals surface area contributed by atoms with E-state index in [0.717, 1.165) is 36.3 Å². The zero-order valence-electron chi connectivity index (χ0n) is 15.8. The van der Waals surface area contributed by atoms with Crippen molar-refractivity contribution in [3.8, 4) is 11.5 Å². The summed E-state index contributed by atoms with van der Waals surface area (Å²) < 4.78 is 10.5. The first-order valence-corrected chi connectivity index (χ1v) is 9.20. The molecule has 0 aromatic heterocycles. The molecule has 0 radical (unpaired) electrons. The van der Waals surface area contributed by atoms with Crippen LogP contribution in [0.3, 0.4) is 0 Å². The molecule has 1 aliphatic rings. The van der Waals surface area contributed by atoms with Crippen molar-refractivity contribution < 1.29 is 19.1 Å². The van der Waals surface area contributed by atoms with Crippen molar-refractivity contribution in [2.75, 3.05) is 20.3 Å². The molecule has 2 amide bonds. The van der Waals surface area contributed by atoms with E-state index in [4.69, 9.17) is 15.2 Å². The third kappa shape index (κ3) is 4.91. The van der Waals surface area contributed by atoms with Gasteiger partial charge in [-0.2, -0.15) is 0 Å². The van der Waals surface area contributed by atoms with Gasteiger partial charge in [-0.25, -0.2) is 0 Å². The molecule has 6 heteroatoms. The standard InChI is InChI=1S/C22H24N2O4/c1-27-19-5-2-4-17(14-19)20-6-3-13-24(20)22(26)12-9-16-7-10-18(11-8-16)28-15-21(23)25/h2,4-5,7-12,14,20H,3,6,13,15H2,1H3,(H2,23,25)/b12-9+. The molecule has 1 saturated heterocycles. The smallest absolute Gasteiger partial charge is 0.255 e. The van der Waals surface area contributed by atoms with Crippen molar-refractivity contribution in [1.29, 1.82) is 0 Å². The molecule has 6 nitrogen and oxygen atoms in total. The molecule has 146 valence electrons. The topological polar surface area (TPSA) is 81.9 Å². The van der Waals surface area contributed by atoms with Gasteiger partial charge in [-0.1, -0.05) is 24.3 Å².